The van der Waals surface area contributed by atoms with Crippen LogP contribution in [0.1, 0.15) is 73.4 Å². The summed E-state index contributed by atoms with van der Waals surface area (Å²) < 4.78 is 12.8. The normalized spacial score (nSPS) is 20.7. The zero-order valence-electron chi connectivity index (χ0n) is 22.8. The fourth-order valence-corrected chi connectivity index (χ4v) is 5.99. The van der Waals surface area contributed by atoms with Crippen molar-refractivity contribution >= 4 is 23.4 Å². The molecule has 2 aromatic heterocycles. The van der Waals surface area contributed by atoms with Gasteiger partial charge in [0, 0.05) is 36.3 Å². The second kappa shape index (κ2) is 10.8. The van der Waals surface area contributed by atoms with Gasteiger partial charge in [0.2, 0.25) is 11.8 Å². The molecule has 1 aliphatic heterocycles. The summed E-state index contributed by atoms with van der Waals surface area (Å²) in [6.45, 7) is 4.12. The maximum Gasteiger partial charge on any atom is 0.319 e. The Kier molecular flexibility index (Phi) is 7.48. The minimum atomic E-state index is -0.361. The van der Waals surface area contributed by atoms with Crippen LogP contribution in [0.15, 0.2) is 30.5 Å². The van der Waals surface area contributed by atoms with Gasteiger partial charge in [-0.15, -0.1) is 0 Å². The molecule has 1 N–H and O–H groups in total. The van der Waals surface area contributed by atoms with E-state index >= 15 is 0 Å². The highest BCUT2D eigenvalue weighted by Gasteiger charge is 2.47. The second-order valence-corrected chi connectivity index (χ2v) is 10.6. The fraction of sp³-hybridized carbons (Fsp3) is 0.464. The van der Waals surface area contributed by atoms with Gasteiger partial charge in [0.05, 0.1) is 25.5 Å². The molecular weight excluding hydrogens is 520 g/mol. The van der Waals surface area contributed by atoms with Gasteiger partial charge < -0.3 is 24.3 Å². The lowest BCUT2D eigenvalue weighted by molar-refractivity contribution is -0.125. The number of halogens is 1. The smallest absolute Gasteiger partial charge is 0.319 e. The number of hydrogen-bond donors (Lipinski definition) is 1. The molecule has 1 aliphatic carbocycles. The zero-order chi connectivity index (χ0) is 27.8. The van der Waals surface area contributed by atoms with E-state index in [2.05, 4.69) is 33.7 Å². The number of imidazole rings is 1. The van der Waals surface area contributed by atoms with Crippen LogP contribution in [0.25, 0.3) is 11.4 Å². The Balaban J connectivity index is 1.63. The van der Waals surface area contributed by atoms with Gasteiger partial charge in [-0.2, -0.15) is 4.98 Å². The van der Waals surface area contributed by atoms with E-state index in [9.17, 15) is 9.59 Å². The molecule has 2 amide bonds. The molecule has 3 aromatic rings. The highest BCUT2D eigenvalue weighted by atomic mass is 35.5. The van der Waals surface area contributed by atoms with Crippen molar-refractivity contribution in [2.45, 2.75) is 57.7 Å². The highest BCUT2D eigenvalue weighted by Crippen LogP contribution is 2.46. The summed E-state index contributed by atoms with van der Waals surface area (Å²) in [4.78, 5) is 41.9. The number of aromatic nitrogens is 4. The third kappa shape index (κ3) is 4.71. The predicted octanol–water partition coefficient (Wildman–Crippen LogP) is 4.44. The number of hydrogen-bond acceptors (Lipinski definition) is 7. The number of fused-ring (bicyclic) bond motifs is 1. The Hall–Kier alpha value is -3.66. The van der Waals surface area contributed by atoms with Crippen molar-refractivity contribution in [2.75, 3.05) is 21.3 Å². The summed E-state index contributed by atoms with van der Waals surface area (Å²) in [5.41, 5.74) is 2.75. The van der Waals surface area contributed by atoms with Crippen molar-refractivity contribution < 1.29 is 19.1 Å². The Morgan fingerprint density at radius 3 is 2.36 bits per heavy atom. The minimum Gasteiger partial charge on any atom is -0.480 e. The van der Waals surface area contributed by atoms with Crippen LogP contribution in [0.4, 0.5) is 0 Å². The first-order chi connectivity index (χ1) is 18.8. The summed E-state index contributed by atoms with van der Waals surface area (Å²) in [5, 5.41) is 3.39. The zero-order valence-corrected chi connectivity index (χ0v) is 23.5. The molecule has 1 unspecified atom stereocenters. The predicted molar refractivity (Wildman–Crippen MR) is 146 cm³/mol. The largest absolute Gasteiger partial charge is 0.480 e. The summed E-state index contributed by atoms with van der Waals surface area (Å²) in [7, 11) is 4.69. The minimum absolute atomic E-state index is 0.0174. The van der Waals surface area contributed by atoms with Crippen LogP contribution < -0.4 is 14.8 Å². The highest BCUT2D eigenvalue weighted by molar-refractivity contribution is 6.30. The van der Waals surface area contributed by atoms with Gasteiger partial charge in [-0.1, -0.05) is 23.7 Å². The van der Waals surface area contributed by atoms with Crippen LogP contribution in [0.5, 0.6) is 11.9 Å². The lowest BCUT2D eigenvalue weighted by Gasteiger charge is -2.38. The first-order valence-corrected chi connectivity index (χ1v) is 13.5. The van der Waals surface area contributed by atoms with Gasteiger partial charge in [0.15, 0.2) is 5.69 Å². The molecule has 5 rings (SSSR count). The molecule has 0 bridgehead atoms. The van der Waals surface area contributed by atoms with E-state index in [0.29, 0.717) is 28.0 Å². The lowest BCUT2D eigenvalue weighted by Crippen LogP contribution is -2.43. The molecule has 11 heteroatoms. The molecular formula is C28H33ClN6O4. The summed E-state index contributed by atoms with van der Waals surface area (Å²) in [6.07, 6.45) is 4.56. The molecule has 1 atom stereocenters. The lowest BCUT2D eigenvalue weighted by atomic mass is 9.84. The van der Waals surface area contributed by atoms with E-state index in [1.807, 2.05) is 29.2 Å². The second-order valence-electron chi connectivity index (χ2n) is 10.2. The Morgan fingerprint density at radius 1 is 1.08 bits per heavy atom. The molecule has 10 nitrogen and oxygen atoms in total. The molecule has 0 saturated heterocycles. The van der Waals surface area contributed by atoms with Crippen LogP contribution in [0.2, 0.25) is 5.02 Å². The van der Waals surface area contributed by atoms with Crippen molar-refractivity contribution in [1.82, 2.24) is 29.7 Å². The number of amides is 2. The maximum absolute atomic E-state index is 14.2. The average molecular weight is 553 g/mol. The van der Waals surface area contributed by atoms with Crippen LogP contribution in [-0.2, 0) is 4.79 Å². The van der Waals surface area contributed by atoms with E-state index in [4.69, 9.17) is 26.1 Å². The molecule has 39 heavy (non-hydrogen) atoms. The maximum atomic E-state index is 14.2. The summed E-state index contributed by atoms with van der Waals surface area (Å²) in [5.74, 6) is 0.781. The number of carbonyl (C=O) groups excluding carboxylic acids is 2. The Morgan fingerprint density at radius 2 is 1.77 bits per heavy atom. The quantitative estimate of drug-likeness (QED) is 0.461. The number of ether oxygens (including phenoxy) is 2. The van der Waals surface area contributed by atoms with E-state index in [-0.39, 0.29) is 41.9 Å². The third-order valence-electron chi connectivity index (χ3n) is 7.68. The van der Waals surface area contributed by atoms with Gasteiger partial charge in [-0.25, -0.2) is 9.97 Å². The summed E-state index contributed by atoms with van der Waals surface area (Å²) >= 11 is 6.24. The first kappa shape index (κ1) is 26.9. The van der Waals surface area contributed by atoms with Crippen molar-refractivity contribution in [1.29, 1.82) is 0 Å². The molecule has 1 saturated carbocycles. The van der Waals surface area contributed by atoms with E-state index in [0.717, 1.165) is 36.9 Å². The number of nitrogens with one attached hydrogen (secondary N) is 1. The molecule has 2 aliphatic rings. The number of carbonyl (C=O) groups is 2. The van der Waals surface area contributed by atoms with Crippen LogP contribution >= 0.6 is 11.6 Å². The standard InChI is InChI=1S/C28H33ClN6O4/c1-15(2)34-23-21(32-24(34)20-14-31-28(39-5)33-26(20)38-4)27(37)35(22(23)16-6-10-18(29)11-7-16)19-12-8-17(9-13-19)25(36)30-3/h6-7,10-11,14-15,17,19,22H,8-9,12-13H2,1-5H3,(H,30,36)/t17-,19-,22?. The van der Waals surface area contributed by atoms with Crippen molar-refractivity contribution in [2.24, 2.45) is 5.92 Å². The molecule has 1 fully saturated rings. The van der Waals surface area contributed by atoms with Crippen LogP contribution in [0, 0.1) is 5.92 Å². The van der Waals surface area contributed by atoms with Gasteiger partial charge in [0.25, 0.3) is 5.91 Å². The van der Waals surface area contributed by atoms with Crippen molar-refractivity contribution in [3.63, 3.8) is 0 Å². The first-order valence-electron chi connectivity index (χ1n) is 13.2. The topological polar surface area (TPSA) is 111 Å². The molecule has 206 valence electrons. The SMILES string of the molecule is CNC(=O)[C@H]1CC[C@H](N2C(=O)c3nc(-c4cnc(OC)nc4OC)n(C(C)C)c3C2c2ccc(Cl)cc2)CC1. The molecule has 1 aromatic carbocycles. The third-order valence-corrected chi connectivity index (χ3v) is 7.93. The number of nitrogens with zero attached hydrogens (tertiary/aromatic N) is 5. The van der Waals surface area contributed by atoms with E-state index < -0.39 is 0 Å². The van der Waals surface area contributed by atoms with Crippen LogP contribution in [-0.4, -0.2) is 63.5 Å². The van der Waals surface area contributed by atoms with E-state index in [1.54, 1.807) is 13.2 Å². The van der Waals surface area contributed by atoms with Crippen molar-refractivity contribution in [3.8, 4) is 23.3 Å². The Labute approximate surface area is 232 Å². The van der Waals surface area contributed by atoms with Gasteiger partial charge in [-0.3, -0.25) is 9.59 Å². The number of benzene rings is 1. The van der Waals surface area contributed by atoms with E-state index in [1.165, 1.54) is 14.2 Å². The van der Waals surface area contributed by atoms with Gasteiger partial charge in [-0.05, 0) is 57.2 Å². The molecule has 0 spiro atoms. The fourth-order valence-electron chi connectivity index (χ4n) is 5.87. The number of methoxy groups -OCH3 is 2. The number of rotatable bonds is 7. The molecule has 0 radical (unpaired) electrons. The van der Waals surface area contributed by atoms with Crippen LogP contribution in [0.3, 0.4) is 0 Å². The molecule has 3 heterocycles. The van der Waals surface area contributed by atoms with Gasteiger partial charge in [0.1, 0.15) is 11.9 Å². The average Bonchev–Trinajstić information content (AvgIpc) is 3.47. The van der Waals surface area contributed by atoms with Gasteiger partial charge >= 0.3 is 6.01 Å². The monoisotopic (exact) mass is 552 g/mol. The Bertz CT molecular complexity index is 1380. The van der Waals surface area contributed by atoms with Crippen molar-refractivity contribution in [3.05, 3.63) is 52.4 Å². The summed E-state index contributed by atoms with van der Waals surface area (Å²) in [6, 6.07) is 7.39.